The van der Waals surface area contributed by atoms with E-state index in [0.29, 0.717) is 0 Å². The molecule has 0 amide bonds. The minimum Gasteiger partial charge on any atom is -0.328 e. The number of hydrogen-bond donors (Lipinski definition) is 1. The van der Waals surface area contributed by atoms with E-state index in [1.165, 1.54) is 22.3 Å². The zero-order chi connectivity index (χ0) is 13.0. The maximum absolute atomic E-state index is 5.81. The van der Waals surface area contributed by atoms with Crippen LogP contribution in [0.15, 0.2) is 48.5 Å². The third-order valence-electron chi connectivity index (χ3n) is 3.27. The van der Waals surface area contributed by atoms with E-state index in [2.05, 4.69) is 62.4 Å². The molecule has 2 aromatic carbocycles. The van der Waals surface area contributed by atoms with Crippen LogP contribution in [0.3, 0.4) is 0 Å². The lowest BCUT2D eigenvalue weighted by Crippen LogP contribution is -2.15. The standard InChI is InChI=1S/C17H21N/c1-13-6-3-4-9-17(13)16-8-5-7-15(12-16)11-10-14(2)18/h3-9,12,14H,10-11,18H2,1-2H3/t14-/m0/s1. The van der Waals surface area contributed by atoms with Crippen LogP contribution in [0.5, 0.6) is 0 Å². The van der Waals surface area contributed by atoms with Crippen LogP contribution in [-0.4, -0.2) is 6.04 Å². The molecule has 0 saturated heterocycles. The molecule has 2 N–H and O–H groups in total. The average molecular weight is 239 g/mol. The summed E-state index contributed by atoms with van der Waals surface area (Å²) in [6, 6.07) is 17.6. The van der Waals surface area contributed by atoms with Crippen molar-refractivity contribution in [3.63, 3.8) is 0 Å². The van der Waals surface area contributed by atoms with E-state index >= 15 is 0 Å². The van der Waals surface area contributed by atoms with Gasteiger partial charge in [-0.05, 0) is 48.9 Å². The van der Waals surface area contributed by atoms with Gasteiger partial charge in [0.2, 0.25) is 0 Å². The number of aryl methyl sites for hydroxylation is 2. The molecule has 1 nitrogen and oxygen atoms in total. The molecule has 0 unspecified atom stereocenters. The van der Waals surface area contributed by atoms with Crippen molar-refractivity contribution in [2.75, 3.05) is 0 Å². The van der Waals surface area contributed by atoms with Crippen molar-refractivity contribution in [2.45, 2.75) is 32.7 Å². The molecule has 18 heavy (non-hydrogen) atoms. The summed E-state index contributed by atoms with van der Waals surface area (Å²) >= 11 is 0. The Bertz CT molecular complexity index is 515. The van der Waals surface area contributed by atoms with Crippen LogP contribution in [0.2, 0.25) is 0 Å². The summed E-state index contributed by atoms with van der Waals surface area (Å²) in [6.07, 6.45) is 2.09. The van der Waals surface area contributed by atoms with E-state index in [4.69, 9.17) is 5.73 Å². The number of hydrogen-bond acceptors (Lipinski definition) is 1. The minimum absolute atomic E-state index is 0.270. The Morgan fingerprint density at radius 1 is 1.06 bits per heavy atom. The molecule has 0 aromatic heterocycles. The zero-order valence-corrected chi connectivity index (χ0v) is 11.2. The van der Waals surface area contributed by atoms with E-state index in [-0.39, 0.29) is 6.04 Å². The first-order valence-corrected chi connectivity index (χ1v) is 6.57. The molecule has 0 fully saturated rings. The molecule has 0 saturated carbocycles. The fraction of sp³-hybridized carbons (Fsp3) is 0.294. The number of rotatable bonds is 4. The normalized spacial score (nSPS) is 12.4. The third-order valence-corrected chi connectivity index (χ3v) is 3.27. The van der Waals surface area contributed by atoms with Crippen LogP contribution < -0.4 is 5.73 Å². The van der Waals surface area contributed by atoms with Crippen molar-refractivity contribution in [1.29, 1.82) is 0 Å². The molecule has 0 spiro atoms. The Hall–Kier alpha value is -1.60. The quantitative estimate of drug-likeness (QED) is 0.859. The summed E-state index contributed by atoms with van der Waals surface area (Å²) in [5.74, 6) is 0. The predicted molar refractivity (Wildman–Crippen MR) is 78.6 cm³/mol. The Morgan fingerprint density at radius 2 is 1.83 bits per heavy atom. The second-order valence-electron chi connectivity index (χ2n) is 5.03. The summed E-state index contributed by atoms with van der Waals surface area (Å²) in [5, 5.41) is 0. The molecule has 0 bridgehead atoms. The fourth-order valence-corrected chi connectivity index (χ4v) is 2.19. The largest absolute Gasteiger partial charge is 0.328 e. The van der Waals surface area contributed by atoms with Crippen molar-refractivity contribution in [3.8, 4) is 11.1 Å². The van der Waals surface area contributed by atoms with Gasteiger partial charge in [0.15, 0.2) is 0 Å². The van der Waals surface area contributed by atoms with Crippen LogP contribution in [-0.2, 0) is 6.42 Å². The van der Waals surface area contributed by atoms with Gasteiger partial charge in [-0.25, -0.2) is 0 Å². The fourth-order valence-electron chi connectivity index (χ4n) is 2.19. The lowest BCUT2D eigenvalue weighted by Gasteiger charge is -2.09. The molecule has 0 radical (unpaired) electrons. The SMILES string of the molecule is Cc1ccccc1-c1cccc(CC[C@H](C)N)c1. The van der Waals surface area contributed by atoms with E-state index in [0.717, 1.165) is 12.8 Å². The van der Waals surface area contributed by atoms with Gasteiger partial charge in [0.1, 0.15) is 0 Å². The lowest BCUT2D eigenvalue weighted by atomic mass is 9.97. The van der Waals surface area contributed by atoms with Crippen LogP contribution in [0, 0.1) is 6.92 Å². The Labute approximate surface area is 110 Å². The van der Waals surface area contributed by atoms with Crippen molar-refractivity contribution >= 4 is 0 Å². The molecule has 94 valence electrons. The van der Waals surface area contributed by atoms with Crippen molar-refractivity contribution in [1.82, 2.24) is 0 Å². The average Bonchev–Trinajstić information content (AvgIpc) is 2.37. The summed E-state index contributed by atoms with van der Waals surface area (Å²) < 4.78 is 0. The Morgan fingerprint density at radius 3 is 2.56 bits per heavy atom. The van der Waals surface area contributed by atoms with Crippen LogP contribution in [0.1, 0.15) is 24.5 Å². The highest BCUT2D eigenvalue weighted by Gasteiger charge is 2.03. The maximum Gasteiger partial charge on any atom is 0.00136 e. The van der Waals surface area contributed by atoms with Crippen LogP contribution in [0.4, 0.5) is 0 Å². The molecule has 0 heterocycles. The second-order valence-corrected chi connectivity index (χ2v) is 5.03. The van der Waals surface area contributed by atoms with Crippen molar-refractivity contribution < 1.29 is 0 Å². The molecular formula is C17H21N. The molecule has 0 aliphatic carbocycles. The van der Waals surface area contributed by atoms with Gasteiger partial charge in [-0.15, -0.1) is 0 Å². The van der Waals surface area contributed by atoms with E-state index < -0.39 is 0 Å². The van der Waals surface area contributed by atoms with E-state index in [9.17, 15) is 0 Å². The van der Waals surface area contributed by atoms with Crippen LogP contribution >= 0.6 is 0 Å². The highest BCUT2D eigenvalue weighted by Crippen LogP contribution is 2.24. The lowest BCUT2D eigenvalue weighted by molar-refractivity contribution is 0.666. The van der Waals surface area contributed by atoms with Crippen molar-refractivity contribution in [2.24, 2.45) is 5.73 Å². The number of nitrogens with two attached hydrogens (primary N) is 1. The smallest absolute Gasteiger partial charge is 0.00136 e. The predicted octanol–water partition coefficient (Wildman–Crippen LogP) is 3.94. The summed E-state index contributed by atoms with van der Waals surface area (Å²) in [5.41, 5.74) is 11.1. The molecule has 0 aliphatic rings. The first-order valence-electron chi connectivity index (χ1n) is 6.57. The van der Waals surface area contributed by atoms with Gasteiger partial charge in [-0.2, -0.15) is 0 Å². The summed E-state index contributed by atoms with van der Waals surface area (Å²) in [4.78, 5) is 0. The van der Waals surface area contributed by atoms with Gasteiger partial charge in [-0.3, -0.25) is 0 Å². The van der Waals surface area contributed by atoms with Gasteiger partial charge in [0.25, 0.3) is 0 Å². The van der Waals surface area contributed by atoms with Crippen molar-refractivity contribution in [3.05, 3.63) is 59.7 Å². The highest BCUT2D eigenvalue weighted by atomic mass is 14.6. The van der Waals surface area contributed by atoms with E-state index in [1.807, 2.05) is 0 Å². The highest BCUT2D eigenvalue weighted by molar-refractivity contribution is 5.67. The summed E-state index contributed by atoms with van der Waals surface area (Å²) in [7, 11) is 0. The van der Waals surface area contributed by atoms with Gasteiger partial charge in [0.05, 0.1) is 0 Å². The molecule has 2 aromatic rings. The topological polar surface area (TPSA) is 26.0 Å². The van der Waals surface area contributed by atoms with Crippen LogP contribution in [0.25, 0.3) is 11.1 Å². The Kier molecular flexibility index (Phi) is 4.16. The van der Waals surface area contributed by atoms with E-state index in [1.54, 1.807) is 0 Å². The molecule has 0 aliphatic heterocycles. The molecule has 1 atom stereocenters. The molecule has 2 rings (SSSR count). The maximum atomic E-state index is 5.81. The second kappa shape index (κ2) is 5.83. The number of benzene rings is 2. The van der Waals surface area contributed by atoms with Gasteiger partial charge >= 0.3 is 0 Å². The monoisotopic (exact) mass is 239 g/mol. The Balaban J connectivity index is 2.25. The first kappa shape index (κ1) is 12.8. The molecule has 1 heteroatoms. The zero-order valence-electron chi connectivity index (χ0n) is 11.2. The van der Waals surface area contributed by atoms with Gasteiger partial charge in [0, 0.05) is 6.04 Å². The van der Waals surface area contributed by atoms with Gasteiger partial charge in [-0.1, -0.05) is 48.5 Å². The third kappa shape index (κ3) is 3.21. The van der Waals surface area contributed by atoms with Gasteiger partial charge < -0.3 is 5.73 Å². The summed E-state index contributed by atoms with van der Waals surface area (Å²) in [6.45, 7) is 4.22. The minimum atomic E-state index is 0.270. The molecular weight excluding hydrogens is 218 g/mol. The first-order chi connectivity index (χ1) is 8.66.